The second kappa shape index (κ2) is 14.9. The van der Waals surface area contributed by atoms with E-state index in [1.807, 2.05) is 77.8 Å². The molecule has 1 amide bonds. The molecule has 2 aliphatic heterocycles. The maximum Gasteiger partial charge on any atom is 0.338 e. The second-order valence-corrected chi connectivity index (χ2v) is 10.9. The molecule has 0 saturated heterocycles. The van der Waals surface area contributed by atoms with Gasteiger partial charge in [-0.1, -0.05) is 48.2 Å². The van der Waals surface area contributed by atoms with E-state index in [0.29, 0.717) is 41.1 Å². The van der Waals surface area contributed by atoms with Crippen LogP contribution >= 0.6 is 11.8 Å². The summed E-state index contributed by atoms with van der Waals surface area (Å²) in [5.74, 6) is 0.497. The van der Waals surface area contributed by atoms with Crippen molar-refractivity contribution < 1.29 is 28.5 Å². The number of allylic oxidation sites excluding steroid dienone is 1. The predicted molar refractivity (Wildman–Crippen MR) is 163 cm³/mol. The van der Waals surface area contributed by atoms with Crippen molar-refractivity contribution in [2.24, 2.45) is 4.99 Å². The lowest BCUT2D eigenvalue weighted by Gasteiger charge is -2.36. The smallest absolute Gasteiger partial charge is 0.338 e. The van der Waals surface area contributed by atoms with Crippen molar-refractivity contribution in [2.75, 3.05) is 54.6 Å². The van der Waals surface area contributed by atoms with E-state index in [1.165, 1.54) is 11.8 Å². The highest BCUT2D eigenvalue weighted by Crippen LogP contribution is 2.46. The Hall–Kier alpha value is -3.80. The molecule has 2 heterocycles. The van der Waals surface area contributed by atoms with Gasteiger partial charge in [0.15, 0.2) is 16.7 Å². The molecular formula is C31H38N4O6S. The maximum absolute atomic E-state index is 13.5. The van der Waals surface area contributed by atoms with Crippen molar-refractivity contribution in [2.45, 2.75) is 26.0 Å². The number of ether oxygens (including phenoxy) is 4. The zero-order chi connectivity index (χ0) is 30.1. The van der Waals surface area contributed by atoms with Crippen LogP contribution in [0, 0.1) is 0 Å². The van der Waals surface area contributed by atoms with Gasteiger partial charge in [-0.05, 0) is 49.7 Å². The third-order valence-corrected chi connectivity index (χ3v) is 7.59. The highest BCUT2D eigenvalue weighted by atomic mass is 32.2. The average molecular weight is 595 g/mol. The van der Waals surface area contributed by atoms with E-state index < -0.39 is 12.0 Å². The Kier molecular flexibility index (Phi) is 11.0. The zero-order valence-electron chi connectivity index (χ0n) is 24.7. The summed E-state index contributed by atoms with van der Waals surface area (Å²) in [7, 11) is 7.04. The van der Waals surface area contributed by atoms with Gasteiger partial charge in [-0.25, -0.2) is 9.79 Å². The van der Waals surface area contributed by atoms with Gasteiger partial charge >= 0.3 is 5.97 Å². The second-order valence-electron chi connectivity index (χ2n) is 10.0. The summed E-state index contributed by atoms with van der Waals surface area (Å²) in [6.45, 7) is 3.83. The molecule has 2 aliphatic rings. The number of thioether (sulfide) groups is 1. The van der Waals surface area contributed by atoms with Crippen molar-refractivity contribution in [3.63, 3.8) is 0 Å². The Morgan fingerprint density at radius 1 is 1.07 bits per heavy atom. The molecule has 0 aromatic heterocycles. The van der Waals surface area contributed by atoms with Crippen LogP contribution in [0.5, 0.6) is 11.5 Å². The first kappa shape index (κ1) is 31.1. The topological polar surface area (TPSA) is 102 Å². The van der Waals surface area contributed by atoms with Crippen LogP contribution in [0.25, 0.3) is 0 Å². The molecular weight excluding hydrogens is 556 g/mol. The fraction of sp³-hybridized carbons (Fsp3) is 0.387. The maximum atomic E-state index is 13.5. The van der Waals surface area contributed by atoms with Crippen LogP contribution in [0.2, 0.25) is 0 Å². The van der Waals surface area contributed by atoms with Crippen LogP contribution in [-0.2, 0) is 25.7 Å². The van der Waals surface area contributed by atoms with Crippen molar-refractivity contribution >= 4 is 28.8 Å². The first-order valence-electron chi connectivity index (χ1n) is 13.7. The normalized spacial score (nSPS) is 16.1. The number of rotatable bonds is 14. The third-order valence-electron chi connectivity index (χ3n) is 6.70. The first-order chi connectivity index (χ1) is 20.3. The monoisotopic (exact) mass is 594 g/mol. The van der Waals surface area contributed by atoms with Gasteiger partial charge < -0.3 is 34.1 Å². The molecule has 224 valence electrons. The number of hydrogen-bond acceptors (Lipinski definition) is 10. The average Bonchev–Trinajstić information content (AvgIpc) is 3.37. The summed E-state index contributed by atoms with van der Waals surface area (Å²) < 4.78 is 22.4. The summed E-state index contributed by atoms with van der Waals surface area (Å²) in [5.41, 5.74) is 3.48. The van der Waals surface area contributed by atoms with Gasteiger partial charge in [0.1, 0.15) is 13.2 Å². The largest absolute Gasteiger partial charge is 0.493 e. The predicted octanol–water partition coefficient (Wildman–Crippen LogP) is 4.11. The Morgan fingerprint density at radius 3 is 2.57 bits per heavy atom. The Labute approximate surface area is 251 Å². The molecule has 4 rings (SSSR count). The molecule has 1 atom stereocenters. The molecule has 42 heavy (non-hydrogen) atoms. The van der Waals surface area contributed by atoms with Gasteiger partial charge in [0.2, 0.25) is 5.91 Å². The Morgan fingerprint density at radius 2 is 1.86 bits per heavy atom. The number of nitrogens with zero attached hydrogens (tertiary/aromatic N) is 3. The molecule has 2 aromatic carbocycles. The minimum Gasteiger partial charge on any atom is -0.493 e. The van der Waals surface area contributed by atoms with Gasteiger partial charge in [0.05, 0.1) is 37.4 Å². The number of benzene rings is 2. The number of esters is 1. The lowest BCUT2D eigenvalue weighted by molar-refractivity contribution is -0.141. The van der Waals surface area contributed by atoms with E-state index >= 15 is 0 Å². The third kappa shape index (κ3) is 7.72. The summed E-state index contributed by atoms with van der Waals surface area (Å²) in [6.07, 6.45) is 0.135. The summed E-state index contributed by atoms with van der Waals surface area (Å²) >= 11 is 1.42. The Balaban J connectivity index is 1.65. The van der Waals surface area contributed by atoms with Crippen LogP contribution in [-0.4, -0.2) is 81.5 Å². The summed E-state index contributed by atoms with van der Waals surface area (Å²) in [5, 5.41) is 5.57. The number of methoxy groups -OCH3 is 2. The van der Waals surface area contributed by atoms with Crippen molar-refractivity contribution in [1.82, 2.24) is 15.1 Å². The summed E-state index contributed by atoms with van der Waals surface area (Å²) in [4.78, 5) is 35.0. The molecule has 1 N–H and O–H groups in total. The van der Waals surface area contributed by atoms with E-state index in [-0.39, 0.29) is 25.5 Å². The molecule has 0 fully saturated rings. The number of carbonyl (C=O) groups is 2. The molecule has 0 radical (unpaired) electrons. The standard InChI is InChI=1S/C31H38N4O6S/c1-21-28(30(37)40-16-15-38-4)29(35-24(20-42-31(35)33-21)18-27(36)32-13-14-34(2)3)23-11-12-25(26(17-23)39-5)41-19-22-9-7-6-8-10-22/h6-12,17,20,29H,13-16,18-19H2,1-5H3,(H,32,36). The quantitative estimate of drug-likeness (QED) is 0.256. The highest BCUT2D eigenvalue weighted by molar-refractivity contribution is 8.16. The molecule has 11 heteroatoms. The molecule has 10 nitrogen and oxygen atoms in total. The van der Waals surface area contributed by atoms with Gasteiger partial charge in [0, 0.05) is 25.9 Å². The van der Waals surface area contributed by atoms with Gasteiger partial charge in [-0.15, -0.1) is 0 Å². The first-order valence-corrected chi connectivity index (χ1v) is 14.6. The van der Waals surface area contributed by atoms with Gasteiger partial charge in [-0.2, -0.15) is 0 Å². The zero-order valence-corrected chi connectivity index (χ0v) is 25.5. The van der Waals surface area contributed by atoms with Crippen LogP contribution in [0.4, 0.5) is 0 Å². The van der Waals surface area contributed by atoms with Crippen LogP contribution in [0.3, 0.4) is 0 Å². The minimum absolute atomic E-state index is 0.108. The van der Waals surface area contributed by atoms with Crippen LogP contribution in [0.1, 0.15) is 30.5 Å². The fourth-order valence-corrected chi connectivity index (χ4v) is 5.56. The van der Waals surface area contributed by atoms with E-state index in [0.717, 1.165) is 23.4 Å². The molecule has 0 spiro atoms. The molecule has 0 saturated carbocycles. The van der Waals surface area contributed by atoms with Crippen molar-refractivity contribution in [1.29, 1.82) is 0 Å². The highest BCUT2D eigenvalue weighted by Gasteiger charge is 2.41. The number of aliphatic imine (C=N–C) groups is 1. The SMILES string of the molecule is COCCOC(=O)C1=C(C)N=C2SC=C(CC(=O)NCCN(C)C)N2C1c1ccc(OCc2ccccc2)c(OC)c1. The van der Waals surface area contributed by atoms with Gasteiger partial charge in [-0.3, -0.25) is 4.79 Å². The van der Waals surface area contributed by atoms with E-state index in [1.54, 1.807) is 21.1 Å². The Bertz CT molecular complexity index is 1360. The lowest BCUT2D eigenvalue weighted by atomic mass is 9.93. The molecule has 0 aliphatic carbocycles. The number of likely N-dealkylation sites (N-methyl/N-ethyl adjacent to an activating group) is 1. The van der Waals surface area contributed by atoms with Gasteiger partial charge in [0.25, 0.3) is 0 Å². The van der Waals surface area contributed by atoms with E-state index in [9.17, 15) is 9.59 Å². The number of nitrogens with one attached hydrogen (secondary N) is 1. The molecule has 1 unspecified atom stereocenters. The van der Waals surface area contributed by atoms with Crippen LogP contribution < -0.4 is 14.8 Å². The molecule has 0 bridgehead atoms. The number of carbonyl (C=O) groups excluding carboxylic acids is 2. The molecule has 2 aromatic rings. The lowest BCUT2D eigenvalue weighted by Crippen LogP contribution is -2.38. The van der Waals surface area contributed by atoms with E-state index in [4.69, 9.17) is 23.9 Å². The number of fused-ring (bicyclic) bond motifs is 1. The van der Waals surface area contributed by atoms with Crippen LogP contribution in [0.15, 0.2) is 75.9 Å². The fourth-order valence-electron chi connectivity index (χ4n) is 4.60. The van der Waals surface area contributed by atoms with E-state index in [2.05, 4.69) is 5.32 Å². The minimum atomic E-state index is -0.597. The number of amides is 1. The summed E-state index contributed by atoms with van der Waals surface area (Å²) in [6, 6.07) is 14.9. The van der Waals surface area contributed by atoms with Crippen molar-refractivity contribution in [3.8, 4) is 11.5 Å². The number of amidine groups is 1. The number of hydrogen-bond donors (Lipinski definition) is 1. The van der Waals surface area contributed by atoms with Crippen molar-refractivity contribution in [3.05, 3.63) is 82.0 Å².